The van der Waals surface area contributed by atoms with Crippen molar-refractivity contribution in [1.82, 2.24) is 0 Å². The predicted molar refractivity (Wildman–Crippen MR) is 139 cm³/mol. The second-order valence-corrected chi connectivity index (χ2v) is 8.61. The number of benzene rings is 4. The standard InChI is InChI=1S/C31H25NO2/c1-3-9-21-19-23(15-17-29(21)32-34)31(24-16-18-30(33)22(20-24)10-4-2)27-13-7-5-11-25(27)26-12-6-8-14-28(26)31/h3-8,11-20,33H,1-2,9-10H2. The molecule has 3 nitrogen and oxygen atoms in total. The van der Waals surface area contributed by atoms with Gasteiger partial charge in [-0.2, -0.15) is 0 Å². The van der Waals surface area contributed by atoms with Crippen LogP contribution >= 0.6 is 0 Å². The lowest BCUT2D eigenvalue weighted by Crippen LogP contribution is -2.29. The largest absolute Gasteiger partial charge is 0.508 e. The topological polar surface area (TPSA) is 49.7 Å². The SMILES string of the molecule is C=CCc1cc(C2(c3ccc(N=O)c(CC=C)c3)c3ccccc3-c3ccccc32)ccc1O. The van der Waals surface area contributed by atoms with Crippen molar-refractivity contribution in [2.24, 2.45) is 5.18 Å². The van der Waals surface area contributed by atoms with E-state index >= 15 is 0 Å². The van der Waals surface area contributed by atoms with Crippen LogP contribution in [0.15, 0.2) is 115 Å². The Hall–Kier alpha value is -4.24. The minimum Gasteiger partial charge on any atom is -0.508 e. The molecule has 4 aromatic rings. The lowest BCUT2D eigenvalue weighted by molar-refractivity contribution is 0.469. The van der Waals surface area contributed by atoms with Gasteiger partial charge in [-0.05, 0) is 74.7 Å². The summed E-state index contributed by atoms with van der Waals surface area (Å²) in [6, 6.07) is 28.7. The second kappa shape index (κ2) is 8.60. The Kier molecular flexibility index (Phi) is 5.46. The van der Waals surface area contributed by atoms with Crippen molar-refractivity contribution < 1.29 is 5.11 Å². The fourth-order valence-electron chi connectivity index (χ4n) is 5.39. The van der Waals surface area contributed by atoms with Gasteiger partial charge in [-0.25, -0.2) is 0 Å². The lowest BCUT2D eigenvalue weighted by atomic mass is 9.67. The third-order valence-electron chi connectivity index (χ3n) is 6.80. The molecule has 166 valence electrons. The summed E-state index contributed by atoms with van der Waals surface area (Å²) in [5, 5.41) is 13.8. The number of nitroso groups, excluding NO2 is 1. The first-order valence-electron chi connectivity index (χ1n) is 11.4. The van der Waals surface area contributed by atoms with Gasteiger partial charge in [-0.3, -0.25) is 0 Å². The molecule has 0 fully saturated rings. The monoisotopic (exact) mass is 443 g/mol. The first-order chi connectivity index (χ1) is 16.6. The smallest absolute Gasteiger partial charge is 0.119 e. The molecule has 0 heterocycles. The molecule has 0 radical (unpaired) electrons. The molecule has 1 aliphatic rings. The summed E-state index contributed by atoms with van der Waals surface area (Å²) in [7, 11) is 0. The van der Waals surface area contributed by atoms with E-state index in [-0.39, 0.29) is 5.75 Å². The van der Waals surface area contributed by atoms with Gasteiger partial charge in [0, 0.05) is 0 Å². The zero-order valence-electron chi connectivity index (χ0n) is 18.9. The fourth-order valence-corrected chi connectivity index (χ4v) is 5.39. The summed E-state index contributed by atoms with van der Waals surface area (Å²) in [6.45, 7) is 7.73. The molecule has 0 saturated heterocycles. The lowest BCUT2D eigenvalue weighted by Gasteiger charge is -2.34. The molecule has 1 N–H and O–H groups in total. The Morgan fingerprint density at radius 2 is 1.26 bits per heavy atom. The Morgan fingerprint density at radius 3 is 1.85 bits per heavy atom. The first-order valence-corrected chi connectivity index (χ1v) is 11.4. The number of hydrogen-bond donors (Lipinski definition) is 1. The van der Waals surface area contributed by atoms with Crippen molar-refractivity contribution >= 4 is 5.69 Å². The molecular formula is C31H25NO2. The van der Waals surface area contributed by atoms with Crippen molar-refractivity contribution in [2.45, 2.75) is 18.3 Å². The maximum atomic E-state index is 11.5. The Balaban J connectivity index is 1.92. The van der Waals surface area contributed by atoms with E-state index in [0.29, 0.717) is 18.5 Å². The summed E-state index contributed by atoms with van der Waals surface area (Å²) in [6.07, 6.45) is 4.70. The Morgan fingerprint density at radius 1 is 0.735 bits per heavy atom. The van der Waals surface area contributed by atoms with Crippen molar-refractivity contribution in [3.05, 3.63) is 149 Å². The van der Waals surface area contributed by atoms with Gasteiger partial charge in [0.05, 0.1) is 5.41 Å². The summed E-state index contributed by atoms with van der Waals surface area (Å²) in [4.78, 5) is 11.5. The van der Waals surface area contributed by atoms with Gasteiger partial charge in [-0.15, -0.1) is 18.1 Å². The number of phenols is 1. The number of fused-ring (bicyclic) bond motifs is 3. The van der Waals surface area contributed by atoms with Gasteiger partial charge in [0.25, 0.3) is 0 Å². The number of nitrogens with zero attached hydrogens (tertiary/aromatic N) is 1. The van der Waals surface area contributed by atoms with Crippen LogP contribution < -0.4 is 0 Å². The molecule has 1 aliphatic carbocycles. The number of rotatable bonds is 7. The number of allylic oxidation sites excluding steroid dienone is 2. The van der Waals surface area contributed by atoms with Crippen molar-refractivity contribution in [2.75, 3.05) is 0 Å². The van der Waals surface area contributed by atoms with E-state index in [9.17, 15) is 10.0 Å². The molecule has 0 aromatic heterocycles. The van der Waals surface area contributed by atoms with Crippen LogP contribution in [0.3, 0.4) is 0 Å². The molecule has 0 aliphatic heterocycles. The van der Waals surface area contributed by atoms with Crippen LogP contribution in [0.5, 0.6) is 5.75 Å². The van der Waals surface area contributed by atoms with Crippen LogP contribution in [-0.2, 0) is 18.3 Å². The van der Waals surface area contributed by atoms with Crippen LogP contribution in [-0.4, -0.2) is 5.11 Å². The number of phenolic OH excluding ortho intramolecular Hbond substituents is 1. The third-order valence-corrected chi connectivity index (χ3v) is 6.80. The summed E-state index contributed by atoms with van der Waals surface area (Å²) >= 11 is 0. The zero-order valence-corrected chi connectivity index (χ0v) is 18.9. The molecule has 0 amide bonds. The van der Waals surface area contributed by atoms with E-state index < -0.39 is 5.41 Å². The average molecular weight is 444 g/mol. The van der Waals surface area contributed by atoms with Crippen molar-refractivity contribution in [3.63, 3.8) is 0 Å². The quantitative estimate of drug-likeness (QED) is 0.208. The van der Waals surface area contributed by atoms with E-state index in [4.69, 9.17) is 0 Å². The molecule has 3 heteroatoms. The van der Waals surface area contributed by atoms with E-state index in [1.54, 1.807) is 24.3 Å². The highest BCUT2D eigenvalue weighted by molar-refractivity contribution is 5.86. The maximum Gasteiger partial charge on any atom is 0.119 e. The molecule has 0 atom stereocenters. The van der Waals surface area contributed by atoms with Crippen molar-refractivity contribution in [3.8, 4) is 16.9 Å². The van der Waals surface area contributed by atoms with Gasteiger partial charge in [-0.1, -0.05) is 84.9 Å². The van der Waals surface area contributed by atoms with E-state index in [2.05, 4.69) is 79.0 Å². The zero-order chi connectivity index (χ0) is 23.7. The van der Waals surface area contributed by atoms with E-state index in [1.807, 2.05) is 12.1 Å². The number of aromatic hydroxyl groups is 1. The molecule has 0 unspecified atom stereocenters. The summed E-state index contributed by atoms with van der Waals surface area (Å²) < 4.78 is 0. The highest BCUT2D eigenvalue weighted by atomic mass is 16.3. The minimum atomic E-state index is -0.617. The molecule has 0 saturated carbocycles. The maximum absolute atomic E-state index is 11.5. The highest BCUT2D eigenvalue weighted by Crippen LogP contribution is 2.56. The fraction of sp³-hybridized carbons (Fsp3) is 0.0968. The average Bonchev–Trinajstić information content (AvgIpc) is 3.17. The second-order valence-electron chi connectivity index (χ2n) is 8.61. The highest BCUT2D eigenvalue weighted by Gasteiger charge is 2.46. The van der Waals surface area contributed by atoms with Crippen LogP contribution in [0.4, 0.5) is 5.69 Å². The van der Waals surface area contributed by atoms with Gasteiger partial charge in [0.2, 0.25) is 0 Å². The van der Waals surface area contributed by atoms with Crippen LogP contribution in [0.1, 0.15) is 33.4 Å². The molecule has 4 aromatic carbocycles. The number of hydrogen-bond acceptors (Lipinski definition) is 3. The normalized spacial score (nSPS) is 13.1. The Bertz CT molecular complexity index is 1390. The molecular weight excluding hydrogens is 418 g/mol. The first kappa shape index (κ1) is 21.6. The van der Waals surface area contributed by atoms with E-state index in [1.165, 1.54) is 22.3 Å². The Labute approximate surface area is 199 Å². The van der Waals surface area contributed by atoms with Crippen LogP contribution in [0, 0.1) is 4.91 Å². The van der Waals surface area contributed by atoms with Crippen LogP contribution in [0.2, 0.25) is 0 Å². The van der Waals surface area contributed by atoms with Gasteiger partial charge >= 0.3 is 0 Å². The predicted octanol–water partition coefficient (Wildman–Crippen LogP) is 7.61. The van der Waals surface area contributed by atoms with E-state index in [0.717, 1.165) is 22.3 Å². The van der Waals surface area contributed by atoms with Gasteiger partial charge < -0.3 is 5.11 Å². The van der Waals surface area contributed by atoms with Crippen molar-refractivity contribution in [1.29, 1.82) is 0 Å². The molecule has 34 heavy (non-hydrogen) atoms. The van der Waals surface area contributed by atoms with Gasteiger partial charge in [0.15, 0.2) is 0 Å². The third kappa shape index (κ3) is 3.12. The summed E-state index contributed by atoms with van der Waals surface area (Å²) in [5.41, 5.74) is 8.27. The van der Waals surface area contributed by atoms with Gasteiger partial charge in [0.1, 0.15) is 11.4 Å². The molecule has 0 bridgehead atoms. The molecule has 5 rings (SSSR count). The molecule has 0 spiro atoms. The summed E-state index contributed by atoms with van der Waals surface area (Å²) in [5.74, 6) is 0.256. The minimum absolute atomic E-state index is 0.256. The van der Waals surface area contributed by atoms with Crippen LogP contribution in [0.25, 0.3) is 11.1 Å².